The highest BCUT2D eigenvalue weighted by molar-refractivity contribution is 7.91. The van der Waals surface area contributed by atoms with E-state index in [1.54, 1.807) is 0 Å². The Morgan fingerprint density at radius 2 is 1.74 bits per heavy atom. The molecule has 2 amide bonds. The molecule has 5 nitrogen and oxygen atoms in total. The lowest BCUT2D eigenvalue weighted by atomic mass is 9.94. The Kier molecular flexibility index (Phi) is 5.19. The molecule has 6 heteroatoms. The number of rotatable bonds is 3. The van der Waals surface area contributed by atoms with Crippen LogP contribution in [0.4, 0.5) is 4.79 Å². The van der Waals surface area contributed by atoms with Crippen LogP contribution in [0.1, 0.15) is 64.2 Å². The summed E-state index contributed by atoms with van der Waals surface area (Å²) in [6.45, 7) is 0.856. The molecule has 1 saturated heterocycles. The monoisotopic (exact) mass is 342 g/mol. The number of carbonyl (C=O) groups excluding carboxylic acids is 1. The van der Waals surface area contributed by atoms with Crippen LogP contribution in [-0.2, 0) is 9.84 Å². The minimum Gasteiger partial charge on any atom is -0.335 e. The summed E-state index contributed by atoms with van der Waals surface area (Å²) in [4.78, 5) is 14.7. The number of nitrogens with one attached hydrogen (secondary N) is 1. The maximum atomic E-state index is 12.7. The predicted molar refractivity (Wildman–Crippen MR) is 91.1 cm³/mol. The molecule has 1 aliphatic heterocycles. The van der Waals surface area contributed by atoms with Crippen LogP contribution < -0.4 is 5.32 Å². The lowest BCUT2D eigenvalue weighted by Crippen LogP contribution is -2.50. The lowest BCUT2D eigenvalue weighted by Gasteiger charge is -2.33. The van der Waals surface area contributed by atoms with Crippen molar-refractivity contribution in [3.63, 3.8) is 0 Å². The van der Waals surface area contributed by atoms with E-state index in [0.717, 1.165) is 38.6 Å². The van der Waals surface area contributed by atoms with Gasteiger partial charge in [0.15, 0.2) is 0 Å². The Hall–Kier alpha value is -0.780. The first kappa shape index (κ1) is 17.1. The van der Waals surface area contributed by atoms with Crippen LogP contribution in [0, 0.1) is 5.92 Å². The summed E-state index contributed by atoms with van der Waals surface area (Å²) in [5, 5.41) is 2.85. The van der Waals surface area contributed by atoms with Crippen molar-refractivity contribution in [1.29, 1.82) is 0 Å². The van der Waals surface area contributed by atoms with Gasteiger partial charge in [0.1, 0.15) is 9.84 Å². The zero-order chi connectivity index (χ0) is 16.4. The molecule has 3 rings (SSSR count). The Labute approximate surface area is 140 Å². The molecule has 0 aromatic heterocycles. The van der Waals surface area contributed by atoms with E-state index in [4.69, 9.17) is 0 Å². The van der Waals surface area contributed by atoms with E-state index in [-0.39, 0.29) is 17.3 Å². The quantitative estimate of drug-likeness (QED) is 0.857. The number of carbonyl (C=O) groups is 1. The Bertz CT molecular complexity index is 528. The SMILES string of the molecule is CS(=O)(=O)[C@@H]1CCC[C@H](NC(=O)N2CCC[C@H]2C2CCCC2)C1. The van der Waals surface area contributed by atoms with Crippen molar-refractivity contribution < 1.29 is 13.2 Å². The third kappa shape index (κ3) is 4.01. The fourth-order valence-electron chi connectivity index (χ4n) is 4.80. The first-order valence-electron chi connectivity index (χ1n) is 9.21. The summed E-state index contributed by atoms with van der Waals surface area (Å²) in [6, 6.07) is 0.464. The van der Waals surface area contributed by atoms with Crippen LogP contribution in [0.15, 0.2) is 0 Å². The van der Waals surface area contributed by atoms with Gasteiger partial charge in [0, 0.05) is 24.9 Å². The molecule has 3 fully saturated rings. The molecule has 23 heavy (non-hydrogen) atoms. The van der Waals surface area contributed by atoms with Crippen molar-refractivity contribution in [3.05, 3.63) is 0 Å². The van der Waals surface area contributed by atoms with Crippen LogP contribution in [0.2, 0.25) is 0 Å². The molecular formula is C17H30N2O3S. The maximum absolute atomic E-state index is 12.7. The Morgan fingerprint density at radius 1 is 1.00 bits per heavy atom. The number of likely N-dealkylation sites (tertiary alicyclic amines) is 1. The molecule has 132 valence electrons. The molecular weight excluding hydrogens is 312 g/mol. The summed E-state index contributed by atoms with van der Waals surface area (Å²) in [5.74, 6) is 0.679. The van der Waals surface area contributed by atoms with E-state index in [1.807, 2.05) is 4.90 Å². The van der Waals surface area contributed by atoms with Gasteiger partial charge in [0.25, 0.3) is 0 Å². The normalized spacial score (nSPS) is 33.1. The van der Waals surface area contributed by atoms with Crippen LogP contribution in [0.25, 0.3) is 0 Å². The fraction of sp³-hybridized carbons (Fsp3) is 0.941. The smallest absolute Gasteiger partial charge is 0.317 e. The molecule has 1 N–H and O–H groups in total. The largest absolute Gasteiger partial charge is 0.335 e. The molecule has 2 saturated carbocycles. The van der Waals surface area contributed by atoms with Crippen molar-refractivity contribution >= 4 is 15.9 Å². The Morgan fingerprint density at radius 3 is 2.43 bits per heavy atom. The van der Waals surface area contributed by atoms with Gasteiger partial charge in [-0.25, -0.2) is 13.2 Å². The van der Waals surface area contributed by atoms with Gasteiger partial charge < -0.3 is 10.2 Å². The van der Waals surface area contributed by atoms with Gasteiger partial charge in [0.2, 0.25) is 0 Å². The van der Waals surface area contributed by atoms with Gasteiger partial charge in [-0.05, 0) is 50.9 Å². The van der Waals surface area contributed by atoms with Crippen LogP contribution in [-0.4, -0.2) is 49.5 Å². The highest BCUT2D eigenvalue weighted by Crippen LogP contribution is 2.35. The van der Waals surface area contributed by atoms with Crippen molar-refractivity contribution in [2.24, 2.45) is 5.92 Å². The zero-order valence-electron chi connectivity index (χ0n) is 14.2. The van der Waals surface area contributed by atoms with E-state index in [0.29, 0.717) is 18.4 Å². The van der Waals surface area contributed by atoms with E-state index < -0.39 is 9.84 Å². The molecule has 0 radical (unpaired) electrons. The lowest BCUT2D eigenvalue weighted by molar-refractivity contribution is 0.166. The van der Waals surface area contributed by atoms with Gasteiger partial charge in [-0.15, -0.1) is 0 Å². The maximum Gasteiger partial charge on any atom is 0.317 e. The van der Waals surface area contributed by atoms with Crippen molar-refractivity contribution in [1.82, 2.24) is 10.2 Å². The standard InChI is InChI=1S/C17H30N2O3S/c1-23(21,22)15-9-4-8-14(12-15)18-17(20)19-11-5-10-16(19)13-6-2-3-7-13/h13-16H,2-12H2,1H3,(H,18,20)/t14-,15+,16-/m0/s1. The molecule has 0 aromatic carbocycles. The highest BCUT2D eigenvalue weighted by atomic mass is 32.2. The predicted octanol–water partition coefficient (Wildman–Crippen LogP) is 2.71. The Balaban J connectivity index is 1.57. The average molecular weight is 343 g/mol. The number of hydrogen-bond acceptors (Lipinski definition) is 3. The topological polar surface area (TPSA) is 66.5 Å². The number of nitrogens with zero attached hydrogens (tertiary/aromatic N) is 1. The molecule has 0 aromatic rings. The van der Waals surface area contributed by atoms with Crippen molar-refractivity contribution in [2.45, 2.75) is 81.5 Å². The van der Waals surface area contributed by atoms with E-state index in [1.165, 1.54) is 31.9 Å². The van der Waals surface area contributed by atoms with Gasteiger partial charge in [-0.2, -0.15) is 0 Å². The summed E-state index contributed by atoms with van der Waals surface area (Å²) < 4.78 is 23.6. The summed E-state index contributed by atoms with van der Waals surface area (Å²) in [6.07, 6.45) is 11.8. The summed E-state index contributed by atoms with van der Waals surface area (Å²) in [7, 11) is -3.00. The number of amides is 2. The number of sulfone groups is 1. The van der Waals surface area contributed by atoms with Gasteiger partial charge in [0.05, 0.1) is 5.25 Å². The molecule has 0 bridgehead atoms. The minimum absolute atomic E-state index is 0.0146. The molecule has 3 atom stereocenters. The third-order valence-corrected chi connectivity index (χ3v) is 7.70. The first-order valence-corrected chi connectivity index (χ1v) is 11.2. The van der Waals surface area contributed by atoms with Crippen molar-refractivity contribution in [2.75, 3.05) is 12.8 Å². The van der Waals surface area contributed by atoms with Crippen LogP contribution in [0.5, 0.6) is 0 Å². The van der Waals surface area contributed by atoms with Gasteiger partial charge >= 0.3 is 6.03 Å². The number of urea groups is 1. The summed E-state index contributed by atoms with van der Waals surface area (Å²) >= 11 is 0. The first-order chi connectivity index (χ1) is 10.9. The fourth-order valence-corrected chi connectivity index (χ4v) is 5.98. The van der Waals surface area contributed by atoms with E-state index in [9.17, 15) is 13.2 Å². The third-order valence-electron chi connectivity index (χ3n) is 6.06. The van der Waals surface area contributed by atoms with E-state index in [2.05, 4.69) is 5.32 Å². The highest BCUT2D eigenvalue weighted by Gasteiger charge is 2.37. The molecule has 0 unspecified atom stereocenters. The molecule has 3 aliphatic rings. The second kappa shape index (κ2) is 6.99. The minimum atomic E-state index is -3.00. The van der Waals surface area contributed by atoms with E-state index >= 15 is 0 Å². The average Bonchev–Trinajstić information content (AvgIpc) is 3.17. The second-order valence-electron chi connectivity index (χ2n) is 7.71. The zero-order valence-corrected chi connectivity index (χ0v) is 15.0. The van der Waals surface area contributed by atoms with Gasteiger partial charge in [-0.3, -0.25) is 0 Å². The van der Waals surface area contributed by atoms with Crippen LogP contribution >= 0.6 is 0 Å². The van der Waals surface area contributed by atoms with Crippen molar-refractivity contribution in [3.8, 4) is 0 Å². The van der Waals surface area contributed by atoms with Gasteiger partial charge in [-0.1, -0.05) is 19.3 Å². The molecule has 2 aliphatic carbocycles. The summed E-state index contributed by atoms with van der Waals surface area (Å²) in [5.41, 5.74) is 0. The second-order valence-corrected chi connectivity index (χ2v) is 10.0. The van der Waals surface area contributed by atoms with Crippen LogP contribution in [0.3, 0.4) is 0 Å². The number of hydrogen-bond donors (Lipinski definition) is 1. The molecule has 1 heterocycles. The molecule has 0 spiro atoms.